The van der Waals surface area contributed by atoms with E-state index in [1.54, 1.807) is 0 Å². The summed E-state index contributed by atoms with van der Waals surface area (Å²) in [6, 6.07) is 19.4. The van der Waals surface area contributed by atoms with Gasteiger partial charge < -0.3 is 0 Å². The molecule has 0 saturated heterocycles. The molecule has 0 spiro atoms. The summed E-state index contributed by atoms with van der Waals surface area (Å²) < 4.78 is 4.77. The van der Waals surface area contributed by atoms with Crippen molar-refractivity contribution in [2.45, 2.75) is 0 Å². The predicted octanol–water partition coefficient (Wildman–Crippen LogP) is 3.11. The number of anilines is 1. The Hall–Kier alpha value is -1.28. The van der Waals surface area contributed by atoms with Gasteiger partial charge in [0.05, 0.1) is 0 Å². The van der Waals surface area contributed by atoms with Gasteiger partial charge in [-0.3, -0.25) is 0 Å². The van der Waals surface area contributed by atoms with E-state index in [1.165, 1.54) is 16.8 Å². The summed E-state index contributed by atoms with van der Waals surface area (Å²) in [6.07, 6.45) is 4.37. The maximum absolute atomic E-state index is 2.42. The summed E-state index contributed by atoms with van der Waals surface area (Å²) in [4.78, 5) is 0. The van der Waals surface area contributed by atoms with Gasteiger partial charge >= 0.3 is 113 Å². The van der Waals surface area contributed by atoms with E-state index in [0.29, 0.717) is 0 Å². The molecule has 80 valence electrons. The van der Waals surface area contributed by atoms with Crippen LogP contribution in [0.3, 0.4) is 0 Å². The molecule has 0 fully saturated rings. The number of benzene rings is 2. The summed E-state index contributed by atoms with van der Waals surface area (Å²) in [5.74, 6) is 0. The van der Waals surface area contributed by atoms with Gasteiger partial charge in [0, 0.05) is 0 Å². The standard InChI is InChI=1S/C15H12N.In/c1-2-12-16-15-10-8-14(9-11-15)13-6-4-3-5-7-13;/h1-12H;/q-1;+1. The predicted molar refractivity (Wildman–Crippen MR) is 75.3 cm³/mol. The maximum atomic E-state index is 2.42. The van der Waals surface area contributed by atoms with Crippen molar-refractivity contribution < 1.29 is 0 Å². The molecule has 2 heteroatoms. The second-order valence-electron chi connectivity index (χ2n) is 4.00. The number of hydrogen-bond donors (Lipinski definition) is 0. The third-order valence-corrected chi connectivity index (χ3v) is 6.26. The molecule has 0 unspecified atom stereocenters. The van der Waals surface area contributed by atoms with Crippen molar-refractivity contribution in [2.75, 3.05) is 2.89 Å². The Kier molecular flexibility index (Phi) is 3.14. The van der Waals surface area contributed by atoms with Crippen LogP contribution in [0, 0.1) is 0 Å². The topological polar surface area (TPSA) is 3.24 Å². The van der Waals surface area contributed by atoms with Crippen LogP contribution in [0.1, 0.15) is 0 Å². The van der Waals surface area contributed by atoms with Crippen LogP contribution in [0.15, 0.2) is 66.9 Å². The Morgan fingerprint density at radius 2 is 1.47 bits per heavy atom. The molecule has 1 aliphatic rings. The van der Waals surface area contributed by atoms with Gasteiger partial charge in [0.15, 0.2) is 0 Å². The van der Waals surface area contributed by atoms with E-state index in [9.17, 15) is 0 Å². The first-order valence-electron chi connectivity index (χ1n) is 5.72. The fourth-order valence-electron chi connectivity index (χ4n) is 1.96. The van der Waals surface area contributed by atoms with Crippen LogP contribution in [0.4, 0.5) is 5.69 Å². The van der Waals surface area contributed by atoms with Gasteiger partial charge in [-0.15, -0.1) is 0 Å². The first-order valence-corrected chi connectivity index (χ1v) is 9.10. The fraction of sp³-hybridized carbons (Fsp3) is 0. The van der Waals surface area contributed by atoms with E-state index in [1.807, 2.05) is 0 Å². The van der Waals surface area contributed by atoms with Crippen LogP contribution < -0.4 is 2.89 Å². The molecule has 3 rings (SSSR count). The minimum atomic E-state index is -0.659. The molecule has 0 aliphatic carbocycles. The molecule has 0 amide bonds. The average molecular weight is 321 g/mol. The fourth-order valence-corrected chi connectivity index (χ4v) is 4.61. The third kappa shape index (κ3) is 2.37. The van der Waals surface area contributed by atoms with Crippen molar-refractivity contribution >= 4 is 32.2 Å². The zero-order valence-corrected chi connectivity index (χ0v) is 12.7. The average Bonchev–Trinajstić information content (AvgIpc) is 2.94. The number of allylic oxidation sites excluding steroid dienone is 1. The van der Waals surface area contributed by atoms with Crippen LogP contribution in [-0.4, -0.2) is 26.5 Å². The van der Waals surface area contributed by atoms with Gasteiger partial charge in [0.25, 0.3) is 0 Å². The first kappa shape index (κ1) is 10.8. The Morgan fingerprint density at radius 3 is 2.12 bits per heavy atom. The van der Waals surface area contributed by atoms with Crippen molar-refractivity contribution in [2.24, 2.45) is 0 Å². The Bertz CT molecular complexity index is 543. The van der Waals surface area contributed by atoms with Crippen LogP contribution in [0.25, 0.3) is 11.1 Å². The van der Waals surface area contributed by atoms with E-state index in [0.717, 1.165) is 0 Å². The van der Waals surface area contributed by atoms with Gasteiger partial charge in [-0.25, -0.2) is 0 Å². The molecule has 2 aromatic rings. The van der Waals surface area contributed by atoms with Gasteiger partial charge in [0.1, 0.15) is 0 Å². The Morgan fingerprint density at radius 1 is 0.765 bits per heavy atom. The molecule has 1 aliphatic heterocycles. The van der Waals surface area contributed by atoms with Crippen LogP contribution >= 0.6 is 0 Å². The van der Waals surface area contributed by atoms with Crippen LogP contribution in [0.2, 0.25) is 0 Å². The SMILES string of the molecule is C1=C[N](c2ccc(-c3ccccc3)cc2)[In]=[CH]1. The Labute approximate surface area is 113 Å². The first-order chi connectivity index (χ1) is 8.43. The van der Waals surface area contributed by atoms with Gasteiger partial charge in [-0.2, -0.15) is 0 Å². The van der Waals surface area contributed by atoms with Crippen molar-refractivity contribution in [3.05, 3.63) is 66.9 Å². The van der Waals surface area contributed by atoms with Crippen LogP contribution in [0.5, 0.6) is 0 Å². The van der Waals surface area contributed by atoms with E-state index >= 15 is 0 Å². The van der Waals surface area contributed by atoms with Gasteiger partial charge in [0.2, 0.25) is 0 Å². The molecule has 0 aromatic heterocycles. The summed E-state index contributed by atoms with van der Waals surface area (Å²) in [5, 5.41) is 0. The van der Waals surface area contributed by atoms with E-state index in [4.69, 9.17) is 0 Å². The zero-order chi connectivity index (χ0) is 11.5. The number of rotatable bonds is 2. The van der Waals surface area contributed by atoms with E-state index in [-0.39, 0.29) is 0 Å². The Balaban J connectivity index is 1.90. The molecule has 17 heavy (non-hydrogen) atoms. The molecule has 0 saturated carbocycles. The molecule has 2 aromatic carbocycles. The molecule has 1 heterocycles. The second kappa shape index (κ2) is 4.92. The molecule has 0 atom stereocenters. The minimum absolute atomic E-state index is 0.659. The molecule has 0 N–H and O–H groups in total. The molecule has 0 radical (unpaired) electrons. The number of nitrogens with zero attached hydrogens (tertiary/aromatic N) is 1. The second-order valence-corrected chi connectivity index (χ2v) is 7.54. The van der Waals surface area contributed by atoms with E-state index in [2.05, 4.69) is 73.5 Å². The van der Waals surface area contributed by atoms with Crippen molar-refractivity contribution in [3.63, 3.8) is 0 Å². The van der Waals surface area contributed by atoms with Gasteiger partial charge in [-0.1, -0.05) is 0 Å². The monoisotopic (exact) mass is 321 g/mol. The van der Waals surface area contributed by atoms with Crippen molar-refractivity contribution in [1.82, 2.24) is 0 Å². The zero-order valence-electron chi connectivity index (χ0n) is 9.45. The molecular weight excluding hydrogens is 309 g/mol. The normalized spacial score (nSPS) is 12.8. The molecule has 1 nitrogen and oxygen atoms in total. The van der Waals surface area contributed by atoms with Gasteiger partial charge in [-0.05, 0) is 0 Å². The summed E-state index contributed by atoms with van der Waals surface area (Å²) in [5.41, 5.74) is 3.90. The summed E-state index contributed by atoms with van der Waals surface area (Å²) in [7, 11) is 0. The van der Waals surface area contributed by atoms with E-state index < -0.39 is 22.7 Å². The quantitative estimate of drug-likeness (QED) is 0.822. The van der Waals surface area contributed by atoms with Crippen LogP contribution in [-0.2, 0) is 0 Å². The van der Waals surface area contributed by atoms with Crippen molar-refractivity contribution in [3.8, 4) is 11.1 Å². The third-order valence-electron chi connectivity index (χ3n) is 2.88. The summed E-state index contributed by atoms with van der Waals surface area (Å²) in [6.45, 7) is 0. The summed E-state index contributed by atoms with van der Waals surface area (Å²) >= 11 is -0.659. The van der Waals surface area contributed by atoms with Crippen molar-refractivity contribution in [1.29, 1.82) is 0 Å². The molecular formula is C15H12InN. The number of hydrogen-bond acceptors (Lipinski definition) is 1. The molecule has 0 bridgehead atoms.